The van der Waals surface area contributed by atoms with Crippen LogP contribution >= 0.6 is 11.6 Å². The lowest BCUT2D eigenvalue weighted by atomic mass is 10.0. The molecule has 0 aliphatic rings. The number of aromatic nitrogens is 2. The van der Waals surface area contributed by atoms with Crippen LogP contribution in [0.1, 0.15) is 29.8 Å². The molecule has 0 radical (unpaired) electrons. The lowest BCUT2D eigenvalue weighted by Gasteiger charge is -2.17. The highest BCUT2D eigenvalue weighted by Gasteiger charge is 2.22. The summed E-state index contributed by atoms with van der Waals surface area (Å²) >= 11 is 6.21. The van der Waals surface area contributed by atoms with Gasteiger partial charge in [0.25, 0.3) is 5.56 Å². The topological polar surface area (TPSA) is 64.0 Å². The molecule has 0 saturated carbocycles. The monoisotopic (exact) mass is 381 g/mol. The number of aryl methyl sites for hydroxylation is 1. The zero-order valence-corrected chi connectivity index (χ0v) is 16.2. The van der Waals surface area contributed by atoms with Crippen molar-refractivity contribution in [3.05, 3.63) is 75.0 Å². The van der Waals surface area contributed by atoms with Gasteiger partial charge in [0.05, 0.1) is 5.56 Å². The molecule has 0 aliphatic carbocycles. The molecule has 0 saturated heterocycles. The molecule has 6 heteroatoms. The summed E-state index contributed by atoms with van der Waals surface area (Å²) in [6.07, 6.45) is 0. The number of hydrogen-bond acceptors (Lipinski definition) is 4. The van der Waals surface area contributed by atoms with E-state index in [0.29, 0.717) is 22.9 Å². The number of halogens is 1. The highest BCUT2D eigenvalue weighted by atomic mass is 35.5. The van der Waals surface area contributed by atoms with Crippen molar-refractivity contribution >= 4 is 28.8 Å². The molecule has 3 aromatic rings. The third-order valence-corrected chi connectivity index (χ3v) is 4.79. The first kappa shape index (κ1) is 18.9. The van der Waals surface area contributed by atoms with Crippen molar-refractivity contribution in [2.45, 2.75) is 27.3 Å². The molecule has 0 bridgehead atoms. The van der Waals surface area contributed by atoms with Crippen molar-refractivity contribution < 1.29 is 4.79 Å². The van der Waals surface area contributed by atoms with E-state index in [1.54, 1.807) is 12.1 Å². The maximum absolute atomic E-state index is 13.0. The second-order valence-corrected chi connectivity index (χ2v) is 6.59. The van der Waals surface area contributed by atoms with E-state index in [1.807, 2.05) is 50.2 Å². The number of nitrogens with zero attached hydrogens (tertiary/aromatic N) is 2. The molecule has 27 heavy (non-hydrogen) atoms. The van der Waals surface area contributed by atoms with Crippen LogP contribution in [0, 0.1) is 6.92 Å². The fourth-order valence-electron chi connectivity index (χ4n) is 2.92. The van der Waals surface area contributed by atoms with Gasteiger partial charge in [-0.05, 0) is 38.5 Å². The Kier molecular flexibility index (Phi) is 5.42. The summed E-state index contributed by atoms with van der Waals surface area (Å²) in [6, 6.07) is 14.8. The van der Waals surface area contributed by atoms with Gasteiger partial charge in [-0.1, -0.05) is 48.0 Å². The minimum absolute atomic E-state index is 0.212. The van der Waals surface area contributed by atoms with Gasteiger partial charge in [-0.2, -0.15) is 5.10 Å². The molecule has 0 unspecified atom stereocenters. The van der Waals surface area contributed by atoms with E-state index in [-0.39, 0.29) is 22.6 Å². The summed E-state index contributed by atoms with van der Waals surface area (Å²) in [5.41, 5.74) is 2.87. The quantitative estimate of drug-likeness (QED) is 0.642. The van der Waals surface area contributed by atoms with Crippen molar-refractivity contribution in [1.82, 2.24) is 9.78 Å². The maximum atomic E-state index is 13.0. The van der Waals surface area contributed by atoms with Crippen LogP contribution in [-0.2, 0) is 6.54 Å². The van der Waals surface area contributed by atoms with Crippen LogP contribution in [0.2, 0.25) is 5.02 Å². The van der Waals surface area contributed by atoms with Crippen molar-refractivity contribution in [2.75, 3.05) is 5.32 Å². The second kappa shape index (κ2) is 7.76. The van der Waals surface area contributed by atoms with Crippen LogP contribution in [0.15, 0.2) is 53.3 Å². The van der Waals surface area contributed by atoms with Gasteiger partial charge in [-0.25, -0.2) is 4.68 Å². The van der Waals surface area contributed by atoms with E-state index in [0.717, 1.165) is 11.1 Å². The number of rotatable bonds is 5. The summed E-state index contributed by atoms with van der Waals surface area (Å²) in [5.74, 6) is -0.233. The molecule has 0 aliphatic heterocycles. The summed E-state index contributed by atoms with van der Waals surface area (Å²) < 4.78 is 1.36. The number of hydrogen-bond donors (Lipinski definition) is 1. The third kappa shape index (κ3) is 3.64. The Morgan fingerprint density at radius 3 is 2.48 bits per heavy atom. The first-order chi connectivity index (χ1) is 12.9. The number of benzene rings is 2. The van der Waals surface area contributed by atoms with Crippen LogP contribution in [0.25, 0.3) is 11.3 Å². The normalized spacial score (nSPS) is 10.7. The standard InChI is InChI=1S/C21H20ClN3O2/c1-4-25-21(27)20(23-17-12-8-11-16(22)13(17)2)18(14(3)26)19(24-25)15-9-6-5-7-10-15/h5-12,23H,4H2,1-3H3. The molecule has 0 atom stereocenters. The molecular weight excluding hydrogens is 362 g/mol. The van der Waals surface area contributed by atoms with E-state index in [9.17, 15) is 9.59 Å². The predicted octanol–water partition coefficient (Wildman–Crippen LogP) is 4.84. The van der Waals surface area contributed by atoms with Crippen molar-refractivity contribution in [1.29, 1.82) is 0 Å². The number of anilines is 2. The fraction of sp³-hybridized carbons (Fsp3) is 0.190. The lowest BCUT2D eigenvalue weighted by Crippen LogP contribution is -2.28. The largest absolute Gasteiger partial charge is 0.350 e. The number of carbonyl (C=O) groups excluding carboxylic acids is 1. The van der Waals surface area contributed by atoms with Gasteiger partial charge in [-0.15, -0.1) is 0 Å². The summed E-state index contributed by atoms with van der Waals surface area (Å²) in [6.45, 7) is 5.52. The van der Waals surface area contributed by atoms with E-state index in [4.69, 9.17) is 11.6 Å². The fourth-order valence-corrected chi connectivity index (χ4v) is 3.09. The van der Waals surface area contributed by atoms with Crippen LogP contribution in [0.5, 0.6) is 0 Å². The number of Topliss-reactive ketones (excluding diaryl/α,β-unsaturated/α-hetero) is 1. The molecule has 3 rings (SSSR count). The Labute approximate surface area is 162 Å². The van der Waals surface area contributed by atoms with Gasteiger partial charge in [0, 0.05) is 22.8 Å². The predicted molar refractivity (Wildman–Crippen MR) is 109 cm³/mol. The van der Waals surface area contributed by atoms with Gasteiger partial charge in [0.2, 0.25) is 0 Å². The van der Waals surface area contributed by atoms with E-state index in [1.165, 1.54) is 11.6 Å². The first-order valence-electron chi connectivity index (χ1n) is 8.67. The minimum atomic E-state index is -0.346. The number of nitrogens with one attached hydrogen (secondary N) is 1. The molecule has 5 nitrogen and oxygen atoms in total. The third-order valence-electron chi connectivity index (χ3n) is 4.38. The number of ketones is 1. The summed E-state index contributed by atoms with van der Waals surface area (Å²) in [5, 5.41) is 8.16. The second-order valence-electron chi connectivity index (χ2n) is 6.18. The molecular formula is C21H20ClN3O2. The van der Waals surface area contributed by atoms with Gasteiger partial charge in [0.15, 0.2) is 5.78 Å². The van der Waals surface area contributed by atoms with Gasteiger partial charge in [-0.3, -0.25) is 9.59 Å². The van der Waals surface area contributed by atoms with Crippen LogP contribution in [0.4, 0.5) is 11.4 Å². The maximum Gasteiger partial charge on any atom is 0.291 e. The van der Waals surface area contributed by atoms with E-state index < -0.39 is 0 Å². The van der Waals surface area contributed by atoms with Gasteiger partial charge in [0.1, 0.15) is 11.4 Å². The van der Waals surface area contributed by atoms with Crippen LogP contribution in [-0.4, -0.2) is 15.6 Å². The summed E-state index contributed by atoms with van der Waals surface area (Å²) in [7, 11) is 0. The van der Waals surface area contributed by atoms with Crippen LogP contribution in [0.3, 0.4) is 0 Å². The molecule has 0 spiro atoms. The van der Waals surface area contributed by atoms with Crippen molar-refractivity contribution in [3.8, 4) is 11.3 Å². The van der Waals surface area contributed by atoms with Gasteiger partial charge < -0.3 is 5.32 Å². The van der Waals surface area contributed by atoms with Crippen LogP contribution < -0.4 is 10.9 Å². The Morgan fingerprint density at radius 2 is 1.85 bits per heavy atom. The zero-order chi connectivity index (χ0) is 19.6. The molecule has 2 aromatic carbocycles. The average molecular weight is 382 g/mol. The lowest BCUT2D eigenvalue weighted by molar-refractivity contribution is 0.101. The average Bonchev–Trinajstić information content (AvgIpc) is 2.67. The van der Waals surface area contributed by atoms with Crippen molar-refractivity contribution in [3.63, 3.8) is 0 Å². The molecule has 0 amide bonds. The van der Waals surface area contributed by atoms with Gasteiger partial charge >= 0.3 is 0 Å². The van der Waals surface area contributed by atoms with E-state index in [2.05, 4.69) is 10.4 Å². The van der Waals surface area contributed by atoms with Crippen molar-refractivity contribution in [2.24, 2.45) is 0 Å². The highest BCUT2D eigenvalue weighted by Crippen LogP contribution is 2.30. The molecule has 0 fully saturated rings. The Balaban J connectivity index is 2.30. The molecule has 1 heterocycles. The molecule has 1 N–H and O–H groups in total. The zero-order valence-electron chi connectivity index (χ0n) is 15.4. The Morgan fingerprint density at radius 1 is 1.15 bits per heavy atom. The Bertz CT molecular complexity index is 1060. The first-order valence-corrected chi connectivity index (χ1v) is 9.05. The number of carbonyl (C=O) groups is 1. The highest BCUT2D eigenvalue weighted by molar-refractivity contribution is 6.31. The Hall–Kier alpha value is -2.92. The molecule has 1 aromatic heterocycles. The minimum Gasteiger partial charge on any atom is -0.350 e. The smallest absolute Gasteiger partial charge is 0.291 e. The molecule has 138 valence electrons. The SMILES string of the molecule is CCn1nc(-c2ccccc2)c(C(C)=O)c(Nc2cccc(Cl)c2C)c1=O. The van der Waals surface area contributed by atoms with E-state index >= 15 is 0 Å². The summed E-state index contributed by atoms with van der Waals surface area (Å²) in [4.78, 5) is 25.5.